The van der Waals surface area contributed by atoms with E-state index in [0.717, 1.165) is 128 Å². The molecule has 398 valence electrons. The van der Waals surface area contributed by atoms with Crippen molar-refractivity contribution in [3.63, 3.8) is 0 Å². The van der Waals surface area contributed by atoms with Crippen molar-refractivity contribution in [3.05, 3.63) is 146 Å². The minimum Gasteiger partial charge on any atom is -0.462 e. The molecular weight excluding hydrogens is 877 g/mol. The maximum atomic E-state index is 12.8. The molecule has 0 amide bonds. The standard InChI is InChI=1S/C65H102O6/c1-4-7-10-13-16-19-22-25-28-30-32-34-37-39-42-45-48-51-54-57-63(66)69-60-62(71-65(68)59-56-53-50-47-44-41-36-27-24-21-18-15-12-9-6-3)61-70-64(67)58-55-52-49-46-43-40-38-35-33-31-29-26-23-20-17-14-11-8-5-2/h7-8,10-11,16-17,19-20,25-29,32-36,39-40,42-43,48,51,62H,4-6,9,12-15,18,21-24,30-31,37-38,41,44-47,49-50,52-61H2,1-3H3/b10-7-,11-8-,19-16-,20-17-,28-25-,29-26-,34-32-,35-33-,36-27-,42-39-,43-40-,51-48-/t62-/m1/s1. The molecule has 6 heteroatoms. The summed E-state index contributed by atoms with van der Waals surface area (Å²) in [6.07, 6.45) is 82.7. The lowest BCUT2D eigenvalue weighted by Gasteiger charge is -2.18. The van der Waals surface area contributed by atoms with E-state index in [0.29, 0.717) is 12.8 Å². The minimum absolute atomic E-state index is 0.128. The molecule has 0 aliphatic heterocycles. The van der Waals surface area contributed by atoms with Gasteiger partial charge in [0.2, 0.25) is 0 Å². The molecule has 0 aromatic rings. The zero-order valence-electron chi connectivity index (χ0n) is 45.4. The third-order valence-corrected chi connectivity index (χ3v) is 11.3. The molecule has 0 spiro atoms. The second-order valence-electron chi connectivity index (χ2n) is 18.1. The highest BCUT2D eigenvalue weighted by Gasteiger charge is 2.19. The molecule has 0 saturated heterocycles. The Balaban J connectivity index is 4.59. The van der Waals surface area contributed by atoms with Crippen molar-refractivity contribution in [2.24, 2.45) is 0 Å². The zero-order valence-corrected chi connectivity index (χ0v) is 45.4. The average Bonchev–Trinajstić information content (AvgIpc) is 3.37. The molecule has 0 aromatic heterocycles. The van der Waals surface area contributed by atoms with Crippen LogP contribution >= 0.6 is 0 Å². The van der Waals surface area contributed by atoms with Gasteiger partial charge in [-0.15, -0.1) is 0 Å². The maximum Gasteiger partial charge on any atom is 0.306 e. The lowest BCUT2D eigenvalue weighted by atomic mass is 10.1. The Hall–Kier alpha value is -4.71. The molecule has 0 bridgehead atoms. The van der Waals surface area contributed by atoms with E-state index in [9.17, 15) is 14.4 Å². The number of allylic oxidation sites excluding steroid dienone is 24. The van der Waals surface area contributed by atoms with Crippen LogP contribution in [0.3, 0.4) is 0 Å². The minimum atomic E-state index is -0.834. The second kappa shape index (κ2) is 57.9. The summed E-state index contributed by atoms with van der Waals surface area (Å²) < 4.78 is 16.8. The van der Waals surface area contributed by atoms with Crippen LogP contribution in [0.4, 0.5) is 0 Å². The van der Waals surface area contributed by atoms with Gasteiger partial charge >= 0.3 is 17.9 Å². The molecule has 0 aliphatic rings. The summed E-state index contributed by atoms with van der Waals surface area (Å²) in [5.74, 6) is -1.06. The van der Waals surface area contributed by atoms with Crippen LogP contribution in [0.2, 0.25) is 0 Å². The van der Waals surface area contributed by atoms with E-state index >= 15 is 0 Å². The van der Waals surface area contributed by atoms with Gasteiger partial charge in [0.05, 0.1) is 0 Å². The lowest BCUT2D eigenvalue weighted by Crippen LogP contribution is -2.30. The quantitative estimate of drug-likeness (QED) is 0.0262. The van der Waals surface area contributed by atoms with E-state index < -0.39 is 6.10 Å². The fourth-order valence-electron chi connectivity index (χ4n) is 7.13. The topological polar surface area (TPSA) is 78.9 Å². The summed E-state index contributed by atoms with van der Waals surface area (Å²) in [5.41, 5.74) is 0. The van der Waals surface area contributed by atoms with Crippen LogP contribution in [0.15, 0.2) is 146 Å². The monoisotopic (exact) mass is 979 g/mol. The van der Waals surface area contributed by atoms with E-state index in [2.05, 4.69) is 154 Å². The molecule has 0 heterocycles. The number of esters is 3. The largest absolute Gasteiger partial charge is 0.462 e. The molecule has 0 aromatic carbocycles. The Morgan fingerprint density at radius 3 is 0.972 bits per heavy atom. The lowest BCUT2D eigenvalue weighted by molar-refractivity contribution is -0.166. The molecule has 0 radical (unpaired) electrons. The number of hydrogen-bond acceptors (Lipinski definition) is 6. The molecule has 0 fully saturated rings. The van der Waals surface area contributed by atoms with Crippen molar-refractivity contribution in [2.45, 2.75) is 232 Å². The van der Waals surface area contributed by atoms with Crippen molar-refractivity contribution < 1.29 is 28.6 Å². The van der Waals surface area contributed by atoms with Gasteiger partial charge in [-0.1, -0.05) is 224 Å². The number of carbonyl (C=O) groups excluding carboxylic acids is 3. The average molecular weight is 980 g/mol. The summed E-state index contributed by atoms with van der Waals surface area (Å²) in [7, 11) is 0. The van der Waals surface area contributed by atoms with Crippen molar-refractivity contribution in [1.29, 1.82) is 0 Å². The van der Waals surface area contributed by atoms with Crippen LogP contribution in [0, 0.1) is 0 Å². The van der Waals surface area contributed by atoms with Gasteiger partial charge in [0.15, 0.2) is 6.10 Å². The third-order valence-electron chi connectivity index (χ3n) is 11.3. The predicted octanol–water partition coefficient (Wildman–Crippen LogP) is 19.2. The molecule has 6 nitrogen and oxygen atoms in total. The summed E-state index contributed by atoms with van der Waals surface area (Å²) >= 11 is 0. The van der Waals surface area contributed by atoms with Gasteiger partial charge in [0, 0.05) is 19.3 Å². The predicted molar refractivity (Wildman–Crippen MR) is 306 cm³/mol. The highest BCUT2D eigenvalue weighted by atomic mass is 16.6. The van der Waals surface area contributed by atoms with Crippen molar-refractivity contribution in [3.8, 4) is 0 Å². The smallest absolute Gasteiger partial charge is 0.306 e. The van der Waals surface area contributed by atoms with Crippen LogP contribution in [-0.2, 0) is 28.6 Å². The van der Waals surface area contributed by atoms with Crippen LogP contribution < -0.4 is 0 Å². The first-order valence-corrected chi connectivity index (χ1v) is 28.3. The number of hydrogen-bond donors (Lipinski definition) is 0. The first-order valence-electron chi connectivity index (χ1n) is 28.3. The number of ether oxygens (including phenoxy) is 3. The molecule has 0 saturated carbocycles. The normalized spacial score (nSPS) is 13.2. The number of unbranched alkanes of at least 4 members (excludes halogenated alkanes) is 14. The molecule has 0 rings (SSSR count). The van der Waals surface area contributed by atoms with E-state index in [1.54, 1.807) is 0 Å². The highest BCUT2D eigenvalue weighted by Crippen LogP contribution is 2.12. The molecule has 0 aliphatic carbocycles. The third kappa shape index (κ3) is 56.1. The van der Waals surface area contributed by atoms with Crippen molar-refractivity contribution in [2.75, 3.05) is 13.2 Å². The molecule has 0 N–H and O–H groups in total. The van der Waals surface area contributed by atoms with Gasteiger partial charge in [-0.05, 0) is 128 Å². The first-order chi connectivity index (χ1) is 35.0. The van der Waals surface area contributed by atoms with Crippen LogP contribution in [-0.4, -0.2) is 37.2 Å². The zero-order chi connectivity index (χ0) is 51.4. The summed E-state index contributed by atoms with van der Waals surface area (Å²) in [5, 5.41) is 0. The number of carbonyl (C=O) groups is 3. The number of rotatable bonds is 49. The fraction of sp³-hybridized carbons (Fsp3) is 0.585. The van der Waals surface area contributed by atoms with Gasteiger partial charge < -0.3 is 14.2 Å². The summed E-state index contributed by atoms with van der Waals surface area (Å²) in [6.45, 7) is 6.29. The molecule has 1 atom stereocenters. The molecule has 71 heavy (non-hydrogen) atoms. The fourth-order valence-corrected chi connectivity index (χ4v) is 7.13. The Morgan fingerprint density at radius 1 is 0.296 bits per heavy atom. The Morgan fingerprint density at radius 2 is 0.577 bits per heavy atom. The van der Waals surface area contributed by atoms with Crippen LogP contribution in [0.25, 0.3) is 0 Å². The maximum absolute atomic E-state index is 12.8. The van der Waals surface area contributed by atoms with Gasteiger partial charge in [0.1, 0.15) is 13.2 Å². The Bertz CT molecular complexity index is 1590. The van der Waals surface area contributed by atoms with Gasteiger partial charge in [-0.25, -0.2) is 0 Å². The van der Waals surface area contributed by atoms with Crippen LogP contribution in [0.1, 0.15) is 226 Å². The summed E-state index contributed by atoms with van der Waals surface area (Å²) in [4.78, 5) is 38.1. The Labute approximate surface area is 436 Å². The van der Waals surface area contributed by atoms with Crippen molar-refractivity contribution >= 4 is 17.9 Å². The Kier molecular flexibility index (Phi) is 54.0. The van der Waals surface area contributed by atoms with E-state index in [1.165, 1.54) is 51.4 Å². The molecule has 0 unspecified atom stereocenters. The van der Waals surface area contributed by atoms with Crippen molar-refractivity contribution in [1.82, 2.24) is 0 Å². The SMILES string of the molecule is CC/C=C\C/C=C\C/C=C\C/C=C\C/C=C\C/C=C\CCC(=O)OC[C@H](COC(=O)CCCCC/C=C\C/C=C\C/C=C\C/C=C\C/C=C\CC)OC(=O)CCCCCCC/C=C\CCCCCCCC. The van der Waals surface area contributed by atoms with E-state index in [-0.39, 0.29) is 44.0 Å². The van der Waals surface area contributed by atoms with E-state index in [4.69, 9.17) is 14.2 Å². The van der Waals surface area contributed by atoms with Crippen LogP contribution in [0.5, 0.6) is 0 Å². The van der Waals surface area contributed by atoms with Gasteiger partial charge in [-0.3, -0.25) is 14.4 Å². The summed E-state index contributed by atoms with van der Waals surface area (Å²) in [6, 6.07) is 0. The van der Waals surface area contributed by atoms with E-state index in [1.807, 2.05) is 12.2 Å². The first kappa shape index (κ1) is 66.3. The highest BCUT2D eigenvalue weighted by molar-refractivity contribution is 5.71. The second-order valence-corrected chi connectivity index (χ2v) is 18.1. The molecular formula is C65H102O6. The van der Waals surface area contributed by atoms with Gasteiger partial charge in [-0.2, -0.15) is 0 Å². The van der Waals surface area contributed by atoms with Gasteiger partial charge in [0.25, 0.3) is 0 Å².